The number of carboxylic acids is 1. The van der Waals surface area contributed by atoms with Crippen LogP contribution in [0.1, 0.15) is 30.6 Å². The lowest BCUT2D eigenvalue weighted by molar-refractivity contribution is -0.140. The Labute approximate surface area is 122 Å². The molecule has 0 aliphatic heterocycles. The molecule has 1 atom stereocenters. The van der Waals surface area contributed by atoms with Gasteiger partial charge < -0.3 is 15.2 Å². The van der Waals surface area contributed by atoms with Crippen LogP contribution in [0.5, 0.6) is 5.75 Å². The summed E-state index contributed by atoms with van der Waals surface area (Å²) in [5.41, 5.74) is 0.309. The summed E-state index contributed by atoms with van der Waals surface area (Å²) in [5, 5.41) is 11.8. The van der Waals surface area contributed by atoms with Crippen LogP contribution in [-0.2, 0) is 4.79 Å². The Balaban J connectivity index is 2.79. The van der Waals surface area contributed by atoms with Gasteiger partial charge in [0.05, 0.1) is 18.1 Å². The number of halogens is 1. The molecule has 0 fully saturated rings. The highest BCUT2D eigenvalue weighted by Gasteiger charge is 2.16. The van der Waals surface area contributed by atoms with Crippen molar-refractivity contribution in [3.8, 4) is 5.75 Å². The summed E-state index contributed by atoms with van der Waals surface area (Å²) < 4.78 is 5.48. The van der Waals surface area contributed by atoms with Crippen LogP contribution in [0.15, 0.2) is 18.2 Å². The molecule has 0 spiro atoms. The van der Waals surface area contributed by atoms with E-state index in [4.69, 9.17) is 21.4 Å². The monoisotopic (exact) mass is 299 g/mol. The van der Waals surface area contributed by atoms with Crippen LogP contribution in [0, 0.1) is 5.92 Å². The highest BCUT2D eigenvalue weighted by atomic mass is 35.5. The number of hydrogen-bond acceptors (Lipinski definition) is 3. The van der Waals surface area contributed by atoms with Gasteiger partial charge in [0.2, 0.25) is 0 Å². The molecule has 6 heteroatoms. The molecule has 2 N–H and O–H groups in total. The van der Waals surface area contributed by atoms with E-state index in [-0.39, 0.29) is 6.54 Å². The molecule has 0 radical (unpaired) electrons. The maximum Gasteiger partial charge on any atom is 0.308 e. The largest absolute Gasteiger partial charge is 0.493 e. The van der Waals surface area contributed by atoms with Crippen LogP contribution in [-0.4, -0.2) is 30.1 Å². The van der Waals surface area contributed by atoms with Crippen LogP contribution in [0.3, 0.4) is 0 Å². The van der Waals surface area contributed by atoms with Crippen molar-refractivity contribution in [2.75, 3.05) is 13.2 Å². The van der Waals surface area contributed by atoms with Gasteiger partial charge in [-0.25, -0.2) is 0 Å². The summed E-state index contributed by atoms with van der Waals surface area (Å²) in [6, 6.07) is 4.78. The van der Waals surface area contributed by atoms with Crippen molar-refractivity contribution >= 4 is 23.5 Å². The van der Waals surface area contributed by atoms with Gasteiger partial charge in [-0.3, -0.25) is 9.59 Å². The van der Waals surface area contributed by atoms with Crippen molar-refractivity contribution in [1.82, 2.24) is 5.32 Å². The van der Waals surface area contributed by atoms with Gasteiger partial charge in [-0.1, -0.05) is 25.4 Å². The number of ether oxygens (including phenoxy) is 1. The topological polar surface area (TPSA) is 75.6 Å². The van der Waals surface area contributed by atoms with Gasteiger partial charge in [-0.15, -0.1) is 0 Å². The van der Waals surface area contributed by atoms with E-state index in [0.29, 0.717) is 22.9 Å². The summed E-state index contributed by atoms with van der Waals surface area (Å²) >= 11 is 5.88. The molecule has 0 bridgehead atoms. The summed E-state index contributed by atoms with van der Waals surface area (Å²) in [6.07, 6.45) is 0.819. The average Bonchev–Trinajstić information content (AvgIpc) is 2.42. The maximum absolute atomic E-state index is 12.1. The van der Waals surface area contributed by atoms with Gasteiger partial charge in [-0.2, -0.15) is 0 Å². The third kappa shape index (κ3) is 4.74. The smallest absolute Gasteiger partial charge is 0.308 e. The summed E-state index contributed by atoms with van der Waals surface area (Å²) in [7, 11) is 0. The first-order valence-corrected chi connectivity index (χ1v) is 6.76. The first-order valence-electron chi connectivity index (χ1n) is 6.39. The van der Waals surface area contributed by atoms with Gasteiger partial charge in [0.25, 0.3) is 5.91 Å². The second-order valence-corrected chi connectivity index (χ2v) is 4.87. The van der Waals surface area contributed by atoms with E-state index in [1.54, 1.807) is 12.1 Å². The van der Waals surface area contributed by atoms with Crippen molar-refractivity contribution in [3.05, 3.63) is 28.8 Å². The van der Waals surface area contributed by atoms with Crippen molar-refractivity contribution < 1.29 is 19.4 Å². The highest BCUT2D eigenvalue weighted by molar-refractivity contribution is 6.31. The zero-order chi connectivity index (χ0) is 15.1. The van der Waals surface area contributed by atoms with E-state index in [0.717, 1.165) is 6.42 Å². The maximum atomic E-state index is 12.1. The summed E-state index contributed by atoms with van der Waals surface area (Å²) in [4.78, 5) is 22.8. The SMILES string of the molecule is CCCOc1ccc(Cl)cc1C(=O)NCC(C)C(=O)O. The van der Waals surface area contributed by atoms with Crippen molar-refractivity contribution in [1.29, 1.82) is 0 Å². The standard InChI is InChI=1S/C14H18ClNO4/c1-3-6-20-12-5-4-10(15)7-11(12)13(17)16-8-9(2)14(18)19/h4-5,7,9H,3,6,8H2,1-2H3,(H,16,17)(H,18,19). The lowest BCUT2D eigenvalue weighted by atomic mass is 10.1. The summed E-state index contributed by atoms with van der Waals surface area (Å²) in [6.45, 7) is 4.03. The molecule has 1 amide bonds. The number of carbonyl (C=O) groups excluding carboxylic acids is 1. The number of benzene rings is 1. The van der Waals surface area contributed by atoms with Crippen LogP contribution < -0.4 is 10.1 Å². The zero-order valence-corrected chi connectivity index (χ0v) is 12.2. The zero-order valence-electron chi connectivity index (χ0n) is 11.5. The molecule has 1 rings (SSSR count). The van der Waals surface area contributed by atoms with Crippen molar-refractivity contribution in [2.45, 2.75) is 20.3 Å². The summed E-state index contributed by atoms with van der Waals surface area (Å²) in [5.74, 6) is -1.57. The van der Waals surface area contributed by atoms with Gasteiger partial charge in [0, 0.05) is 11.6 Å². The van der Waals surface area contributed by atoms with Crippen LogP contribution in [0.4, 0.5) is 0 Å². The Hall–Kier alpha value is -1.75. The molecule has 0 aliphatic rings. The van der Waals surface area contributed by atoms with Crippen molar-refractivity contribution in [3.63, 3.8) is 0 Å². The molecule has 0 saturated heterocycles. The highest BCUT2D eigenvalue weighted by Crippen LogP contribution is 2.23. The lowest BCUT2D eigenvalue weighted by Gasteiger charge is -2.13. The molecule has 0 heterocycles. The fourth-order valence-electron chi connectivity index (χ4n) is 1.45. The molecule has 5 nitrogen and oxygen atoms in total. The molecular formula is C14H18ClNO4. The van der Waals surface area contributed by atoms with E-state index in [2.05, 4.69) is 5.32 Å². The molecule has 1 unspecified atom stereocenters. The lowest BCUT2D eigenvalue weighted by Crippen LogP contribution is -2.31. The predicted molar refractivity (Wildman–Crippen MR) is 76.4 cm³/mol. The van der Waals surface area contributed by atoms with Gasteiger partial charge in [0.1, 0.15) is 5.75 Å². The number of aliphatic carboxylic acids is 1. The van der Waals surface area contributed by atoms with Gasteiger partial charge >= 0.3 is 5.97 Å². The van der Waals surface area contributed by atoms with Crippen molar-refractivity contribution in [2.24, 2.45) is 5.92 Å². The molecule has 20 heavy (non-hydrogen) atoms. The third-order valence-corrected chi connectivity index (χ3v) is 2.87. The van der Waals surface area contributed by atoms with Gasteiger partial charge in [-0.05, 0) is 24.6 Å². The third-order valence-electron chi connectivity index (χ3n) is 2.64. The Bertz CT molecular complexity index is 490. The molecular weight excluding hydrogens is 282 g/mol. The van der Waals surface area contributed by atoms with Crippen LogP contribution in [0.25, 0.3) is 0 Å². The Kier molecular flexibility index (Phi) is 6.31. The second kappa shape index (κ2) is 7.75. The van der Waals surface area contributed by atoms with E-state index in [9.17, 15) is 9.59 Å². The minimum absolute atomic E-state index is 0.0495. The minimum atomic E-state index is -0.959. The average molecular weight is 300 g/mol. The van der Waals surface area contributed by atoms with E-state index in [1.807, 2.05) is 6.92 Å². The Morgan fingerprint density at radius 2 is 2.15 bits per heavy atom. The Morgan fingerprint density at radius 3 is 2.75 bits per heavy atom. The Morgan fingerprint density at radius 1 is 1.45 bits per heavy atom. The number of amides is 1. The number of rotatable bonds is 7. The number of carbonyl (C=O) groups is 2. The van der Waals surface area contributed by atoms with E-state index >= 15 is 0 Å². The molecule has 0 aliphatic carbocycles. The minimum Gasteiger partial charge on any atom is -0.493 e. The van der Waals surface area contributed by atoms with Gasteiger partial charge in [0.15, 0.2) is 0 Å². The number of hydrogen-bond donors (Lipinski definition) is 2. The molecule has 1 aromatic carbocycles. The first kappa shape index (κ1) is 16.3. The molecule has 110 valence electrons. The quantitative estimate of drug-likeness (QED) is 0.811. The molecule has 1 aromatic rings. The predicted octanol–water partition coefficient (Wildman–Crippen LogP) is 2.58. The van der Waals surface area contributed by atoms with Crippen LogP contribution >= 0.6 is 11.6 Å². The second-order valence-electron chi connectivity index (χ2n) is 4.44. The van der Waals surface area contributed by atoms with E-state index < -0.39 is 17.8 Å². The first-order chi connectivity index (χ1) is 9.45. The number of nitrogens with one attached hydrogen (secondary N) is 1. The molecule has 0 saturated carbocycles. The fourth-order valence-corrected chi connectivity index (χ4v) is 1.62. The van der Waals surface area contributed by atoms with E-state index in [1.165, 1.54) is 13.0 Å². The fraction of sp³-hybridized carbons (Fsp3) is 0.429. The van der Waals surface area contributed by atoms with Crippen LogP contribution in [0.2, 0.25) is 5.02 Å². The molecule has 0 aromatic heterocycles. The number of carboxylic acid groups (broad SMARTS) is 1. The normalized spacial score (nSPS) is 11.8.